The number of benzene rings is 1. The average Bonchev–Trinajstić information content (AvgIpc) is 3.59. The average molecular weight is 558 g/mol. The van der Waals surface area contributed by atoms with Gasteiger partial charge in [0.2, 0.25) is 17.7 Å². The summed E-state index contributed by atoms with van der Waals surface area (Å²) in [5, 5.41) is 18.3. The number of para-hydroxylation sites is 1. The van der Waals surface area contributed by atoms with Crippen LogP contribution in [0, 0.1) is 5.92 Å². The topological polar surface area (TPSA) is 195 Å². The fraction of sp³-hybridized carbons (Fsp3) is 0.423. The van der Waals surface area contributed by atoms with Crippen LogP contribution >= 0.6 is 12.6 Å². The number of carboxylic acids is 1. The number of aliphatic carboxylic acids is 1. The summed E-state index contributed by atoms with van der Waals surface area (Å²) in [7, 11) is 0. The highest BCUT2D eigenvalue weighted by atomic mass is 32.1. The Balaban J connectivity index is 1.68. The quantitative estimate of drug-likeness (QED) is 0.132. The second-order valence-corrected chi connectivity index (χ2v) is 9.83. The molecule has 0 bridgehead atoms. The summed E-state index contributed by atoms with van der Waals surface area (Å²) in [6.45, 7) is 3.54. The molecule has 0 radical (unpaired) electrons. The number of carbonyl (C=O) groups excluding carboxylic acids is 3. The minimum Gasteiger partial charge on any atom is -0.480 e. The van der Waals surface area contributed by atoms with E-state index in [9.17, 15) is 24.3 Å². The number of imidazole rings is 1. The van der Waals surface area contributed by atoms with Gasteiger partial charge in [-0.2, -0.15) is 12.6 Å². The number of aromatic amines is 2. The van der Waals surface area contributed by atoms with Crippen molar-refractivity contribution in [2.75, 3.05) is 5.75 Å². The van der Waals surface area contributed by atoms with Gasteiger partial charge in [-0.15, -0.1) is 0 Å². The van der Waals surface area contributed by atoms with E-state index in [0.717, 1.165) is 16.5 Å². The number of carboxylic acid groups (broad SMARTS) is 1. The smallest absolute Gasteiger partial charge is 0.326 e. The van der Waals surface area contributed by atoms with Gasteiger partial charge in [-0.3, -0.25) is 14.4 Å². The van der Waals surface area contributed by atoms with E-state index in [1.165, 1.54) is 12.5 Å². The lowest BCUT2D eigenvalue weighted by Crippen LogP contribution is -2.58. The molecular weight excluding hydrogens is 522 g/mol. The lowest BCUT2D eigenvalue weighted by molar-refractivity contribution is -0.143. The SMILES string of the molecule is CCC(C)C(NC(=O)C(Cc1cnc[nH]1)NC(=O)C(CS)NC(=O)C(N)Cc1c[nH]c2ccccc12)C(=O)O. The number of nitrogens with one attached hydrogen (secondary N) is 5. The zero-order valence-corrected chi connectivity index (χ0v) is 22.7. The van der Waals surface area contributed by atoms with Crippen molar-refractivity contribution in [3.05, 3.63) is 54.2 Å². The minimum atomic E-state index is -1.17. The molecule has 0 fully saturated rings. The number of rotatable bonds is 14. The molecule has 3 rings (SSSR count). The molecule has 5 unspecified atom stereocenters. The molecule has 8 N–H and O–H groups in total. The molecule has 2 heterocycles. The summed E-state index contributed by atoms with van der Waals surface area (Å²) in [6, 6.07) is 3.35. The Morgan fingerprint density at radius 1 is 1.03 bits per heavy atom. The van der Waals surface area contributed by atoms with Gasteiger partial charge in [0.15, 0.2) is 0 Å². The highest BCUT2D eigenvalue weighted by Gasteiger charge is 2.32. The van der Waals surface area contributed by atoms with Crippen LogP contribution in [0.15, 0.2) is 43.0 Å². The molecule has 12 nitrogen and oxygen atoms in total. The molecule has 0 aliphatic carbocycles. The van der Waals surface area contributed by atoms with Crippen molar-refractivity contribution in [3.8, 4) is 0 Å². The van der Waals surface area contributed by atoms with Crippen molar-refractivity contribution in [2.45, 2.75) is 57.3 Å². The van der Waals surface area contributed by atoms with E-state index >= 15 is 0 Å². The van der Waals surface area contributed by atoms with E-state index in [1.807, 2.05) is 31.2 Å². The fourth-order valence-electron chi connectivity index (χ4n) is 4.14. The number of hydrogen-bond acceptors (Lipinski definition) is 7. The highest BCUT2D eigenvalue weighted by Crippen LogP contribution is 2.19. The van der Waals surface area contributed by atoms with Crippen LogP contribution in [0.25, 0.3) is 10.9 Å². The van der Waals surface area contributed by atoms with Crippen molar-refractivity contribution < 1.29 is 24.3 Å². The molecule has 0 spiro atoms. The number of aromatic nitrogens is 3. The van der Waals surface area contributed by atoms with Crippen LogP contribution in [0.5, 0.6) is 0 Å². The molecule has 0 saturated carbocycles. The molecule has 3 aromatic rings. The van der Waals surface area contributed by atoms with Crippen molar-refractivity contribution in [1.29, 1.82) is 0 Å². The Bertz CT molecular complexity index is 1280. The monoisotopic (exact) mass is 557 g/mol. The third kappa shape index (κ3) is 7.83. The van der Waals surface area contributed by atoms with E-state index in [-0.39, 0.29) is 24.5 Å². The Labute approximate surface area is 231 Å². The summed E-state index contributed by atoms with van der Waals surface area (Å²) < 4.78 is 0. The van der Waals surface area contributed by atoms with Crippen LogP contribution in [-0.2, 0) is 32.0 Å². The summed E-state index contributed by atoms with van der Waals surface area (Å²) in [5.74, 6) is -3.45. The maximum atomic E-state index is 13.1. The Hall–Kier alpha value is -3.84. The summed E-state index contributed by atoms with van der Waals surface area (Å²) in [4.78, 5) is 60.8. The first-order valence-corrected chi connectivity index (χ1v) is 13.3. The molecule has 13 heteroatoms. The number of carbonyl (C=O) groups is 4. The number of nitrogens with zero attached hydrogens (tertiary/aromatic N) is 1. The maximum Gasteiger partial charge on any atom is 0.326 e. The lowest BCUT2D eigenvalue weighted by Gasteiger charge is -2.26. The van der Waals surface area contributed by atoms with Gasteiger partial charge in [-0.1, -0.05) is 38.5 Å². The van der Waals surface area contributed by atoms with E-state index in [2.05, 4.69) is 43.5 Å². The predicted octanol–water partition coefficient (Wildman–Crippen LogP) is 0.518. The van der Waals surface area contributed by atoms with Gasteiger partial charge in [0.05, 0.1) is 12.4 Å². The standard InChI is InChI=1S/C26H35N7O5S/c1-3-14(2)22(26(37)38)33-24(35)20(9-16-11-28-13-30-16)31-25(36)21(12-39)32-23(34)18(27)8-15-10-29-19-7-5-4-6-17(15)19/h4-7,10-11,13-14,18,20-22,29,39H,3,8-9,12,27H2,1-2H3,(H,28,30)(H,31,36)(H,32,34)(H,33,35)(H,37,38). The molecule has 0 aliphatic rings. The van der Waals surface area contributed by atoms with Gasteiger partial charge in [-0.25, -0.2) is 9.78 Å². The lowest BCUT2D eigenvalue weighted by atomic mass is 9.98. The van der Waals surface area contributed by atoms with Gasteiger partial charge < -0.3 is 36.8 Å². The molecule has 1 aromatic carbocycles. The van der Waals surface area contributed by atoms with Crippen LogP contribution in [0.3, 0.4) is 0 Å². The van der Waals surface area contributed by atoms with E-state index in [0.29, 0.717) is 12.1 Å². The summed E-state index contributed by atoms with van der Waals surface area (Å²) in [5.41, 5.74) is 8.50. The summed E-state index contributed by atoms with van der Waals surface area (Å²) >= 11 is 4.20. The first kappa shape index (κ1) is 29.7. The van der Waals surface area contributed by atoms with Crippen molar-refractivity contribution in [2.24, 2.45) is 11.7 Å². The first-order valence-electron chi connectivity index (χ1n) is 12.7. The number of H-pyrrole nitrogens is 2. The Morgan fingerprint density at radius 3 is 2.36 bits per heavy atom. The summed E-state index contributed by atoms with van der Waals surface area (Å²) in [6.07, 6.45) is 5.52. The van der Waals surface area contributed by atoms with Crippen molar-refractivity contribution in [3.63, 3.8) is 0 Å². The number of hydrogen-bond donors (Lipinski definition) is 8. The fourth-order valence-corrected chi connectivity index (χ4v) is 4.39. The van der Waals surface area contributed by atoms with Crippen LogP contribution in [0.1, 0.15) is 31.5 Å². The van der Waals surface area contributed by atoms with Crippen LogP contribution < -0.4 is 21.7 Å². The largest absolute Gasteiger partial charge is 0.480 e. The van der Waals surface area contributed by atoms with Crippen LogP contribution in [0.2, 0.25) is 0 Å². The third-order valence-corrected chi connectivity index (χ3v) is 7.02. The Morgan fingerprint density at radius 2 is 1.72 bits per heavy atom. The second-order valence-electron chi connectivity index (χ2n) is 9.47. The molecular formula is C26H35N7O5S. The zero-order valence-electron chi connectivity index (χ0n) is 21.8. The second kappa shape index (κ2) is 13.8. The number of amides is 3. The minimum absolute atomic E-state index is 0.0255. The van der Waals surface area contributed by atoms with Crippen LogP contribution in [-0.4, -0.2) is 73.7 Å². The van der Waals surface area contributed by atoms with Gasteiger partial charge >= 0.3 is 5.97 Å². The molecule has 5 atom stereocenters. The van der Waals surface area contributed by atoms with Gasteiger partial charge in [-0.05, 0) is 24.0 Å². The van der Waals surface area contributed by atoms with E-state index in [1.54, 1.807) is 13.1 Å². The molecule has 210 valence electrons. The highest BCUT2D eigenvalue weighted by molar-refractivity contribution is 7.80. The zero-order chi connectivity index (χ0) is 28.5. The molecule has 0 aliphatic heterocycles. The van der Waals surface area contributed by atoms with E-state index in [4.69, 9.17) is 5.73 Å². The molecule has 0 saturated heterocycles. The Kier molecular flexibility index (Phi) is 10.5. The van der Waals surface area contributed by atoms with Gasteiger partial charge in [0, 0.05) is 41.2 Å². The number of thiol groups is 1. The molecule has 2 aromatic heterocycles. The van der Waals surface area contributed by atoms with Crippen LogP contribution in [0.4, 0.5) is 0 Å². The number of fused-ring (bicyclic) bond motifs is 1. The third-order valence-electron chi connectivity index (χ3n) is 6.66. The predicted molar refractivity (Wildman–Crippen MR) is 149 cm³/mol. The normalized spacial score (nSPS) is 15.1. The number of nitrogens with two attached hydrogens (primary N) is 1. The van der Waals surface area contributed by atoms with Crippen molar-refractivity contribution in [1.82, 2.24) is 30.9 Å². The van der Waals surface area contributed by atoms with Gasteiger partial charge in [0.25, 0.3) is 0 Å². The first-order chi connectivity index (χ1) is 18.6. The van der Waals surface area contributed by atoms with Gasteiger partial charge in [0.1, 0.15) is 18.1 Å². The molecule has 39 heavy (non-hydrogen) atoms. The molecule has 3 amide bonds. The van der Waals surface area contributed by atoms with Crippen molar-refractivity contribution >= 4 is 47.2 Å². The van der Waals surface area contributed by atoms with E-state index < -0.39 is 47.9 Å². The maximum absolute atomic E-state index is 13.1.